The maximum atomic E-state index is 13.4. The minimum atomic E-state index is -0.324. The van der Waals surface area contributed by atoms with Crippen LogP contribution in [0.3, 0.4) is 0 Å². The van der Waals surface area contributed by atoms with Crippen molar-refractivity contribution in [2.45, 2.75) is 6.54 Å². The van der Waals surface area contributed by atoms with E-state index in [1.165, 1.54) is 19.2 Å². The van der Waals surface area contributed by atoms with E-state index in [4.69, 9.17) is 4.74 Å². The number of nitrogens with zero attached hydrogens (tertiary/aromatic N) is 1. The van der Waals surface area contributed by atoms with Gasteiger partial charge in [0.25, 0.3) is 5.56 Å². The van der Waals surface area contributed by atoms with Gasteiger partial charge >= 0.3 is 0 Å². The Bertz CT molecular complexity index is 1200. The topological polar surface area (TPSA) is 31.2 Å². The summed E-state index contributed by atoms with van der Waals surface area (Å²) < 4.78 is 21.6. The monoisotopic (exact) mass is 437 g/mol. The minimum Gasteiger partial charge on any atom is -0.491 e. The van der Waals surface area contributed by atoms with Crippen molar-refractivity contribution < 1.29 is 9.13 Å². The van der Waals surface area contributed by atoms with Crippen LogP contribution in [0.4, 0.5) is 4.39 Å². The Morgan fingerprint density at radius 3 is 2.32 bits per heavy atom. The van der Waals surface area contributed by atoms with Gasteiger partial charge in [-0.05, 0) is 41.5 Å². The van der Waals surface area contributed by atoms with Crippen LogP contribution in [0, 0.1) is 5.82 Å². The van der Waals surface area contributed by atoms with Gasteiger partial charge in [0.15, 0.2) is 5.75 Å². The lowest BCUT2D eigenvalue weighted by Crippen LogP contribution is -2.23. The molecule has 4 aromatic rings. The molecule has 140 valence electrons. The number of para-hydroxylation sites is 1. The Kier molecular flexibility index (Phi) is 5.01. The molecule has 0 aliphatic carbocycles. The van der Waals surface area contributed by atoms with Crippen molar-refractivity contribution in [2.75, 3.05) is 7.11 Å². The van der Waals surface area contributed by atoms with Crippen LogP contribution in [0.5, 0.6) is 5.75 Å². The van der Waals surface area contributed by atoms with E-state index in [2.05, 4.69) is 15.9 Å². The molecule has 1 aromatic heterocycles. The van der Waals surface area contributed by atoms with Crippen LogP contribution < -0.4 is 10.3 Å². The van der Waals surface area contributed by atoms with E-state index in [-0.39, 0.29) is 17.1 Å². The molecule has 1 heterocycles. The number of halogens is 2. The highest BCUT2D eigenvalue weighted by Gasteiger charge is 2.19. The van der Waals surface area contributed by atoms with Crippen molar-refractivity contribution in [1.82, 2.24) is 4.57 Å². The molecule has 0 N–H and O–H groups in total. The highest BCUT2D eigenvalue weighted by molar-refractivity contribution is 9.10. The molecule has 0 spiro atoms. The summed E-state index contributed by atoms with van der Waals surface area (Å²) in [6.07, 6.45) is 0. The van der Waals surface area contributed by atoms with Crippen molar-refractivity contribution in [3.05, 3.63) is 99.0 Å². The van der Waals surface area contributed by atoms with Crippen molar-refractivity contribution in [1.29, 1.82) is 0 Å². The number of rotatable bonds is 4. The van der Waals surface area contributed by atoms with E-state index in [0.29, 0.717) is 12.1 Å². The molecule has 0 unspecified atom stereocenters. The lowest BCUT2D eigenvalue weighted by atomic mass is 9.99. The lowest BCUT2D eigenvalue weighted by molar-refractivity contribution is 0.407. The van der Waals surface area contributed by atoms with E-state index >= 15 is 0 Å². The van der Waals surface area contributed by atoms with E-state index in [0.717, 1.165) is 26.5 Å². The molecule has 0 amide bonds. The van der Waals surface area contributed by atoms with E-state index in [1.807, 2.05) is 48.5 Å². The SMILES string of the molecule is COc1c(-c2ccc(F)cc2)c2ccccc2n(Cc2ccc(Br)cc2)c1=O. The molecule has 0 saturated heterocycles. The van der Waals surface area contributed by atoms with Gasteiger partial charge in [0, 0.05) is 15.4 Å². The largest absolute Gasteiger partial charge is 0.491 e. The fraction of sp³-hybridized carbons (Fsp3) is 0.0870. The van der Waals surface area contributed by atoms with Gasteiger partial charge in [-0.25, -0.2) is 4.39 Å². The van der Waals surface area contributed by atoms with Crippen LogP contribution >= 0.6 is 15.9 Å². The summed E-state index contributed by atoms with van der Waals surface area (Å²) in [5.41, 5.74) is 3.00. The van der Waals surface area contributed by atoms with Crippen molar-refractivity contribution in [3.8, 4) is 16.9 Å². The Hall–Kier alpha value is -2.92. The zero-order valence-electron chi connectivity index (χ0n) is 15.2. The first kappa shape index (κ1) is 18.4. The number of aromatic nitrogens is 1. The molecule has 0 bridgehead atoms. The fourth-order valence-corrected chi connectivity index (χ4v) is 3.67. The maximum absolute atomic E-state index is 13.4. The quantitative estimate of drug-likeness (QED) is 0.414. The normalized spacial score (nSPS) is 11.0. The predicted octanol–water partition coefficient (Wildman–Crippen LogP) is 5.63. The second kappa shape index (κ2) is 7.60. The van der Waals surface area contributed by atoms with Gasteiger partial charge in [0.2, 0.25) is 0 Å². The molecule has 5 heteroatoms. The highest BCUT2D eigenvalue weighted by Crippen LogP contribution is 2.34. The second-order valence-electron chi connectivity index (χ2n) is 6.45. The lowest BCUT2D eigenvalue weighted by Gasteiger charge is -2.17. The number of hydrogen-bond donors (Lipinski definition) is 0. The van der Waals surface area contributed by atoms with Crippen molar-refractivity contribution in [3.63, 3.8) is 0 Å². The first-order valence-corrected chi connectivity index (χ1v) is 9.57. The maximum Gasteiger partial charge on any atom is 0.294 e. The molecule has 3 nitrogen and oxygen atoms in total. The van der Waals surface area contributed by atoms with E-state index in [9.17, 15) is 9.18 Å². The molecule has 28 heavy (non-hydrogen) atoms. The van der Waals surface area contributed by atoms with Gasteiger partial charge in [-0.1, -0.05) is 58.4 Å². The molecular weight excluding hydrogens is 421 g/mol. The Morgan fingerprint density at radius 1 is 0.964 bits per heavy atom. The summed E-state index contributed by atoms with van der Waals surface area (Å²) in [6, 6.07) is 21.7. The zero-order chi connectivity index (χ0) is 19.7. The number of ether oxygens (including phenoxy) is 1. The van der Waals surface area contributed by atoms with Gasteiger partial charge in [0.05, 0.1) is 19.2 Å². The molecule has 0 aliphatic heterocycles. The number of methoxy groups -OCH3 is 1. The van der Waals surface area contributed by atoms with Crippen LogP contribution in [-0.4, -0.2) is 11.7 Å². The average Bonchev–Trinajstić information content (AvgIpc) is 2.72. The number of hydrogen-bond acceptors (Lipinski definition) is 2. The van der Waals surface area contributed by atoms with Crippen LogP contribution in [-0.2, 0) is 6.54 Å². The first-order chi connectivity index (χ1) is 13.6. The van der Waals surface area contributed by atoms with Crippen LogP contribution in [0.1, 0.15) is 5.56 Å². The summed E-state index contributed by atoms with van der Waals surface area (Å²) in [6.45, 7) is 0.423. The van der Waals surface area contributed by atoms with Crippen LogP contribution in [0.25, 0.3) is 22.0 Å². The zero-order valence-corrected chi connectivity index (χ0v) is 16.7. The first-order valence-electron chi connectivity index (χ1n) is 8.78. The van der Waals surface area contributed by atoms with E-state index in [1.54, 1.807) is 16.7 Å². The summed E-state index contributed by atoms with van der Waals surface area (Å²) in [4.78, 5) is 13.3. The summed E-state index contributed by atoms with van der Waals surface area (Å²) in [5.74, 6) is -0.0713. The van der Waals surface area contributed by atoms with Crippen molar-refractivity contribution in [2.24, 2.45) is 0 Å². The van der Waals surface area contributed by atoms with Crippen LogP contribution in [0.2, 0.25) is 0 Å². The average molecular weight is 438 g/mol. The fourth-order valence-electron chi connectivity index (χ4n) is 3.40. The second-order valence-corrected chi connectivity index (χ2v) is 7.37. The van der Waals surface area contributed by atoms with Gasteiger partial charge in [-0.3, -0.25) is 4.79 Å². The summed E-state index contributed by atoms with van der Waals surface area (Å²) >= 11 is 3.43. The third-order valence-electron chi connectivity index (χ3n) is 4.72. The third-order valence-corrected chi connectivity index (χ3v) is 5.25. The summed E-state index contributed by atoms with van der Waals surface area (Å²) in [5, 5.41) is 0.877. The molecule has 0 radical (unpaired) electrons. The van der Waals surface area contributed by atoms with Gasteiger partial charge in [-0.2, -0.15) is 0 Å². The highest BCUT2D eigenvalue weighted by atomic mass is 79.9. The number of fused-ring (bicyclic) bond motifs is 1. The standard InChI is InChI=1S/C23H17BrFNO2/c1-28-22-21(16-8-12-18(25)13-9-16)19-4-2-3-5-20(19)26(23(22)27)14-15-6-10-17(24)11-7-15/h2-13H,14H2,1H3. The Morgan fingerprint density at radius 2 is 1.64 bits per heavy atom. The predicted molar refractivity (Wildman–Crippen MR) is 113 cm³/mol. The molecule has 3 aromatic carbocycles. The van der Waals surface area contributed by atoms with E-state index < -0.39 is 0 Å². The van der Waals surface area contributed by atoms with Crippen molar-refractivity contribution >= 4 is 26.8 Å². The molecule has 0 atom stereocenters. The molecule has 4 rings (SSSR count). The Balaban J connectivity index is 1.99. The molecule has 0 saturated carbocycles. The number of pyridine rings is 1. The molecular formula is C23H17BrFNO2. The van der Waals surface area contributed by atoms with Gasteiger partial charge < -0.3 is 9.30 Å². The molecule has 0 aliphatic rings. The summed E-state index contributed by atoms with van der Waals surface area (Å²) in [7, 11) is 1.49. The smallest absolute Gasteiger partial charge is 0.294 e. The Labute approximate surface area is 170 Å². The number of benzene rings is 3. The third kappa shape index (κ3) is 3.34. The minimum absolute atomic E-state index is 0.219. The van der Waals surface area contributed by atoms with Crippen LogP contribution in [0.15, 0.2) is 82.1 Å². The van der Waals surface area contributed by atoms with Gasteiger partial charge in [-0.15, -0.1) is 0 Å². The molecule has 0 fully saturated rings. The van der Waals surface area contributed by atoms with Gasteiger partial charge in [0.1, 0.15) is 5.82 Å².